The average Bonchev–Trinajstić information content (AvgIpc) is 2.42. The third kappa shape index (κ3) is 2.16. The molecule has 0 radical (unpaired) electrons. The molecule has 86 valence electrons. The molecular weight excluding hydrogens is 186 g/mol. The second-order valence-electron chi connectivity index (χ2n) is 5.01. The summed E-state index contributed by atoms with van der Waals surface area (Å²) in [7, 11) is 0. The molecule has 0 fully saturated rings. The number of nitrogen functional groups attached to an aromatic ring is 1. The fraction of sp³-hybridized carbons (Fsp3) is 0.750. The zero-order valence-corrected chi connectivity index (χ0v) is 10.7. The molecule has 1 aromatic heterocycles. The van der Waals surface area contributed by atoms with Crippen molar-refractivity contribution in [2.75, 3.05) is 5.73 Å². The van der Waals surface area contributed by atoms with Gasteiger partial charge in [-0.25, -0.2) is 4.98 Å². The van der Waals surface area contributed by atoms with Crippen molar-refractivity contribution in [3.63, 3.8) is 0 Å². The van der Waals surface area contributed by atoms with Crippen LogP contribution in [0.3, 0.4) is 0 Å². The topological polar surface area (TPSA) is 43.8 Å². The van der Waals surface area contributed by atoms with E-state index in [4.69, 9.17) is 5.73 Å². The summed E-state index contributed by atoms with van der Waals surface area (Å²) in [5.74, 6) is 2.75. The predicted molar refractivity (Wildman–Crippen MR) is 65.2 cm³/mol. The molecule has 0 aliphatic rings. The van der Waals surface area contributed by atoms with Gasteiger partial charge in [-0.1, -0.05) is 27.7 Å². The van der Waals surface area contributed by atoms with E-state index in [1.165, 1.54) is 0 Å². The van der Waals surface area contributed by atoms with Crippen LogP contribution < -0.4 is 5.73 Å². The number of hydrogen-bond acceptors (Lipinski definition) is 2. The highest BCUT2D eigenvalue weighted by atomic mass is 15.2. The zero-order chi connectivity index (χ0) is 11.7. The molecule has 0 atom stereocenters. The molecular formula is C12H23N3. The predicted octanol–water partition coefficient (Wildman–Crippen LogP) is 3.29. The van der Waals surface area contributed by atoms with Crippen molar-refractivity contribution in [1.29, 1.82) is 0 Å². The summed E-state index contributed by atoms with van der Waals surface area (Å²) in [6.07, 6.45) is 0. The Hall–Kier alpha value is -0.990. The molecule has 0 saturated heterocycles. The van der Waals surface area contributed by atoms with Crippen LogP contribution in [0, 0.1) is 0 Å². The van der Waals surface area contributed by atoms with Gasteiger partial charge in [0.05, 0.1) is 5.69 Å². The van der Waals surface area contributed by atoms with Crippen LogP contribution in [0.2, 0.25) is 0 Å². The van der Waals surface area contributed by atoms with Crippen molar-refractivity contribution >= 4 is 5.82 Å². The highest BCUT2D eigenvalue weighted by Crippen LogP contribution is 2.29. The molecule has 1 heterocycles. The van der Waals surface area contributed by atoms with Crippen molar-refractivity contribution in [2.24, 2.45) is 0 Å². The lowest BCUT2D eigenvalue weighted by molar-refractivity contribution is 0.556. The molecule has 3 nitrogen and oxygen atoms in total. The Morgan fingerprint density at radius 2 is 1.53 bits per heavy atom. The summed E-state index contributed by atoms with van der Waals surface area (Å²) >= 11 is 0. The van der Waals surface area contributed by atoms with Gasteiger partial charge in [0.1, 0.15) is 11.6 Å². The molecule has 0 saturated carbocycles. The van der Waals surface area contributed by atoms with E-state index in [1.807, 2.05) is 0 Å². The first-order chi connectivity index (χ1) is 6.86. The van der Waals surface area contributed by atoms with Crippen LogP contribution in [0.4, 0.5) is 5.82 Å². The highest BCUT2D eigenvalue weighted by molar-refractivity contribution is 5.41. The third-order valence-electron chi connectivity index (χ3n) is 2.58. The maximum Gasteiger partial charge on any atom is 0.127 e. The number of nitrogens with two attached hydrogens (primary N) is 1. The van der Waals surface area contributed by atoms with Gasteiger partial charge < -0.3 is 10.3 Å². The first kappa shape index (κ1) is 12.1. The van der Waals surface area contributed by atoms with Crippen LogP contribution in [-0.2, 0) is 0 Å². The molecule has 0 unspecified atom stereocenters. The van der Waals surface area contributed by atoms with Crippen LogP contribution in [0.15, 0.2) is 0 Å². The lowest BCUT2D eigenvalue weighted by Gasteiger charge is -2.15. The monoisotopic (exact) mass is 209 g/mol. The Kier molecular flexibility index (Phi) is 3.42. The Morgan fingerprint density at radius 1 is 1.00 bits per heavy atom. The number of rotatable bonds is 3. The van der Waals surface area contributed by atoms with E-state index in [-0.39, 0.29) is 0 Å². The van der Waals surface area contributed by atoms with Gasteiger partial charge in [-0.3, -0.25) is 0 Å². The minimum atomic E-state index is 0.377. The fourth-order valence-electron chi connectivity index (χ4n) is 1.86. The van der Waals surface area contributed by atoms with Crippen LogP contribution in [-0.4, -0.2) is 9.55 Å². The van der Waals surface area contributed by atoms with E-state index in [0.29, 0.717) is 17.9 Å². The number of imidazole rings is 1. The van der Waals surface area contributed by atoms with Gasteiger partial charge in [0.25, 0.3) is 0 Å². The van der Waals surface area contributed by atoms with Gasteiger partial charge in [0.15, 0.2) is 0 Å². The van der Waals surface area contributed by atoms with Gasteiger partial charge in [0, 0.05) is 12.0 Å². The third-order valence-corrected chi connectivity index (χ3v) is 2.58. The van der Waals surface area contributed by atoms with E-state index >= 15 is 0 Å². The summed E-state index contributed by atoms with van der Waals surface area (Å²) in [5.41, 5.74) is 7.18. The van der Waals surface area contributed by atoms with Gasteiger partial charge >= 0.3 is 0 Å². The standard InChI is InChI=1S/C12H23N3/c1-7(2)10-11(13)15(9(5)6)12(14-10)8(3)4/h7-9H,13H2,1-6H3. The number of hydrogen-bond donors (Lipinski definition) is 1. The van der Waals surface area contributed by atoms with Crippen molar-refractivity contribution < 1.29 is 0 Å². The summed E-state index contributed by atoms with van der Waals surface area (Å²) in [6, 6.07) is 0.377. The normalized spacial score (nSPS) is 12.1. The Labute approximate surface area is 92.7 Å². The smallest absolute Gasteiger partial charge is 0.127 e. The van der Waals surface area contributed by atoms with Crippen molar-refractivity contribution in [2.45, 2.75) is 59.4 Å². The minimum absolute atomic E-state index is 0.377. The van der Waals surface area contributed by atoms with Crippen molar-refractivity contribution in [1.82, 2.24) is 9.55 Å². The van der Waals surface area contributed by atoms with Crippen molar-refractivity contribution in [3.8, 4) is 0 Å². The Balaban J connectivity index is 3.33. The summed E-state index contributed by atoms with van der Waals surface area (Å²) in [5, 5.41) is 0. The van der Waals surface area contributed by atoms with Crippen LogP contribution >= 0.6 is 0 Å². The number of anilines is 1. The molecule has 0 aliphatic heterocycles. The Bertz CT molecular complexity index is 335. The van der Waals surface area contributed by atoms with Gasteiger partial charge in [-0.2, -0.15) is 0 Å². The molecule has 0 bridgehead atoms. The van der Waals surface area contributed by atoms with E-state index in [9.17, 15) is 0 Å². The van der Waals surface area contributed by atoms with E-state index < -0.39 is 0 Å². The number of aromatic nitrogens is 2. The van der Waals surface area contributed by atoms with Crippen LogP contribution in [0.25, 0.3) is 0 Å². The highest BCUT2D eigenvalue weighted by Gasteiger charge is 2.20. The largest absolute Gasteiger partial charge is 0.384 e. The lowest BCUT2D eigenvalue weighted by atomic mass is 10.1. The molecule has 1 rings (SSSR count). The first-order valence-corrected chi connectivity index (χ1v) is 5.73. The summed E-state index contributed by atoms with van der Waals surface area (Å²) < 4.78 is 2.15. The quantitative estimate of drug-likeness (QED) is 0.830. The van der Waals surface area contributed by atoms with Crippen LogP contribution in [0.1, 0.15) is 70.9 Å². The van der Waals surface area contributed by atoms with Crippen molar-refractivity contribution in [3.05, 3.63) is 11.5 Å². The molecule has 2 N–H and O–H groups in total. The molecule has 1 aromatic rings. The molecule has 0 aromatic carbocycles. The van der Waals surface area contributed by atoms with E-state index in [0.717, 1.165) is 17.3 Å². The summed E-state index contributed by atoms with van der Waals surface area (Å²) in [6.45, 7) is 12.9. The molecule has 0 amide bonds. The number of nitrogens with zero attached hydrogens (tertiary/aromatic N) is 2. The van der Waals surface area contributed by atoms with Gasteiger partial charge in [-0.15, -0.1) is 0 Å². The Morgan fingerprint density at radius 3 is 1.80 bits per heavy atom. The first-order valence-electron chi connectivity index (χ1n) is 5.73. The van der Waals surface area contributed by atoms with E-state index in [2.05, 4.69) is 51.1 Å². The molecule has 0 aliphatic carbocycles. The minimum Gasteiger partial charge on any atom is -0.384 e. The van der Waals surface area contributed by atoms with E-state index in [1.54, 1.807) is 0 Å². The molecule has 15 heavy (non-hydrogen) atoms. The zero-order valence-electron chi connectivity index (χ0n) is 10.7. The summed E-state index contributed by atoms with van der Waals surface area (Å²) in [4.78, 5) is 4.67. The van der Waals surface area contributed by atoms with Crippen LogP contribution in [0.5, 0.6) is 0 Å². The lowest BCUT2D eigenvalue weighted by Crippen LogP contribution is -2.10. The van der Waals surface area contributed by atoms with Gasteiger partial charge in [0.2, 0.25) is 0 Å². The van der Waals surface area contributed by atoms with Gasteiger partial charge in [-0.05, 0) is 19.8 Å². The average molecular weight is 209 g/mol. The SMILES string of the molecule is CC(C)c1nc(C(C)C)n(C(C)C)c1N. The molecule has 0 spiro atoms. The maximum atomic E-state index is 6.14. The fourth-order valence-corrected chi connectivity index (χ4v) is 1.86. The maximum absolute atomic E-state index is 6.14. The second-order valence-corrected chi connectivity index (χ2v) is 5.01. The second kappa shape index (κ2) is 4.25. The molecule has 3 heteroatoms.